The highest BCUT2D eigenvalue weighted by Gasteiger charge is 2.33. The second-order valence-electron chi connectivity index (χ2n) is 9.21. The fourth-order valence-electron chi connectivity index (χ4n) is 4.24. The molecule has 0 aliphatic carbocycles. The van der Waals surface area contributed by atoms with Gasteiger partial charge in [-0.1, -0.05) is 29.8 Å². The van der Waals surface area contributed by atoms with Crippen LogP contribution in [-0.2, 0) is 16.2 Å². The normalized spacial score (nSPS) is 14.3. The molecule has 8 nitrogen and oxygen atoms in total. The summed E-state index contributed by atoms with van der Waals surface area (Å²) in [5.41, 5.74) is 1.31. The lowest BCUT2D eigenvalue weighted by atomic mass is 10.1. The van der Waals surface area contributed by atoms with Gasteiger partial charge in [-0.15, -0.1) is 11.3 Å². The number of benzene rings is 2. The van der Waals surface area contributed by atoms with E-state index in [1.807, 2.05) is 41.5 Å². The van der Waals surface area contributed by atoms with Crippen LogP contribution in [-0.4, -0.2) is 55.4 Å². The lowest BCUT2D eigenvalue weighted by Gasteiger charge is -2.35. The maximum atomic E-state index is 13.5. The molecular weight excluding hydrogens is 563 g/mol. The minimum atomic E-state index is -4.73. The van der Waals surface area contributed by atoms with Gasteiger partial charge in [0.05, 0.1) is 22.5 Å². The Kier molecular flexibility index (Phi) is 7.51. The van der Waals surface area contributed by atoms with Crippen molar-refractivity contribution in [3.63, 3.8) is 0 Å². The number of carbonyl (C=O) groups is 1. The molecule has 0 saturated carbocycles. The number of pyridine rings is 1. The summed E-state index contributed by atoms with van der Waals surface area (Å²) in [4.78, 5) is 25.2. The summed E-state index contributed by atoms with van der Waals surface area (Å²) < 4.78 is 68.2. The topological polar surface area (TPSA) is 95.5 Å². The van der Waals surface area contributed by atoms with E-state index in [0.29, 0.717) is 19.2 Å². The quantitative estimate of drug-likeness (QED) is 0.329. The van der Waals surface area contributed by atoms with E-state index in [1.165, 1.54) is 34.6 Å². The molecule has 1 N–H and O–H groups in total. The predicted molar refractivity (Wildman–Crippen MR) is 147 cm³/mol. The van der Waals surface area contributed by atoms with E-state index in [-0.39, 0.29) is 23.5 Å². The fourth-order valence-corrected chi connectivity index (χ4v) is 6.16. The average molecular weight is 588 g/mol. The first-order valence-electron chi connectivity index (χ1n) is 12.2. The predicted octanol–water partition coefficient (Wildman–Crippen LogP) is 5.30. The first-order valence-corrected chi connectivity index (χ1v) is 14.6. The molecular formula is C27H24F3N5O3S2. The molecule has 13 heteroatoms. The molecule has 0 atom stereocenters. The summed E-state index contributed by atoms with van der Waals surface area (Å²) >= 11 is 1.49. The summed E-state index contributed by atoms with van der Waals surface area (Å²) in [6, 6.07) is 13.1. The Morgan fingerprint density at radius 1 is 1.02 bits per heavy atom. The maximum Gasteiger partial charge on any atom is 0.416 e. The molecule has 1 amide bonds. The lowest BCUT2D eigenvalue weighted by Crippen LogP contribution is -2.49. The number of alkyl halides is 3. The summed E-state index contributed by atoms with van der Waals surface area (Å²) in [6.07, 6.45) is -2.29. The van der Waals surface area contributed by atoms with Crippen molar-refractivity contribution < 1.29 is 26.4 Å². The van der Waals surface area contributed by atoms with E-state index >= 15 is 0 Å². The van der Waals surface area contributed by atoms with Crippen molar-refractivity contribution in [2.24, 2.45) is 0 Å². The van der Waals surface area contributed by atoms with Crippen LogP contribution in [0.1, 0.15) is 21.5 Å². The Bertz CT molecular complexity index is 1620. The van der Waals surface area contributed by atoms with E-state index < -0.39 is 33.4 Å². The van der Waals surface area contributed by atoms with Gasteiger partial charge in [-0.25, -0.2) is 13.4 Å². The Balaban J connectivity index is 1.34. The molecule has 0 bridgehead atoms. The molecule has 5 rings (SSSR count). The maximum absolute atomic E-state index is 13.5. The molecule has 4 aromatic rings. The van der Waals surface area contributed by atoms with Crippen LogP contribution in [0.3, 0.4) is 0 Å². The molecule has 2 aromatic carbocycles. The molecule has 2 aromatic heterocycles. The number of nitrogens with one attached hydrogen (secondary N) is 1. The monoisotopic (exact) mass is 587 g/mol. The highest BCUT2D eigenvalue weighted by atomic mass is 32.2. The fraction of sp³-hybridized carbons (Fsp3) is 0.222. The number of halogens is 3. The second-order valence-corrected chi connectivity index (χ2v) is 11.7. The van der Waals surface area contributed by atoms with Crippen molar-refractivity contribution in [1.82, 2.24) is 14.9 Å². The van der Waals surface area contributed by atoms with E-state index in [4.69, 9.17) is 4.98 Å². The van der Waals surface area contributed by atoms with Crippen LogP contribution < -0.4 is 9.62 Å². The largest absolute Gasteiger partial charge is 0.416 e. The molecule has 1 fully saturated rings. The number of piperazine rings is 1. The summed E-state index contributed by atoms with van der Waals surface area (Å²) in [5, 5.41) is 2.78. The van der Waals surface area contributed by atoms with Crippen LogP contribution in [0.2, 0.25) is 0 Å². The Hall–Kier alpha value is -3.97. The van der Waals surface area contributed by atoms with Gasteiger partial charge in [0, 0.05) is 49.5 Å². The van der Waals surface area contributed by atoms with Crippen molar-refractivity contribution in [2.75, 3.05) is 35.8 Å². The molecule has 1 saturated heterocycles. The number of aromatic nitrogens is 2. The molecule has 0 unspecified atom stereocenters. The van der Waals surface area contributed by atoms with Gasteiger partial charge in [0.2, 0.25) is 0 Å². The van der Waals surface area contributed by atoms with Gasteiger partial charge in [0.15, 0.2) is 5.13 Å². The minimum Gasteiger partial charge on any atom is -0.345 e. The number of sulfonamides is 1. The molecule has 1 aliphatic heterocycles. The van der Waals surface area contributed by atoms with E-state index in [1.54, 1.807) is 0 Å². The lowest BCUT2D eigenvalue weighted by molar-refractivity contribution is -0.137. The third kappa shape index (κ3) is 5.94. The third-order valence-electron chi connectivity index (χ3n) is 6.44. The standard InChI is InChI=1S/C27H24F3N5O3S2/c1-18-4-6-19(7-5-18)24-17-39-26(32-24)35-13-11-34(12-14-35)25(36)22-9-8-20(27(28,29)30)15-23(22)33-40(37,38)21-3-2-10-31-16-21/h2-10,15-17,33H,11-14H2,1H3. The minimum absolute atomic E-state index is 0.176. The first kappa shape index (κ1) is 27.6. The van der Waals surface area contributed by atoms with Crippen molar-refractivity contribution in [3.05, 3.63) is 89.1 Å². The van der Waals surface area contributed by atoms with Gasteiger partial charge in [0.25, 0.3) is 15.9 Å². The zero-order valence-electron chi connectivity index (χ0n) is 21.2. The smallest absolute Gasteiger partial charge is 0.345 e. The number of hydrogen-bond donors (Lipinski definition) is 1. The number of anilines is 2. The van der Waals surface area contributed by atoms with Crippen LogP contribution in [0.5, 0.6) is 0 Å². The van der Waals surface area contributed by atoms with Gasteiger partial charge in [-0.2, -0.15) is 13.2 Å². The van der Waals surface area contributed by atoms with Crippen molar-refractivity contribution in [1.29, 1.82) is 0 Å². The van der Waals surface area contributed by atoms with Crippen LogP contribution >= 0.6 is 11.3 Å². The van der Waals surface area contributed by atoms with Crippen LogP contribution in [0, 0.1) is 6.92 Å². The molecule has 0 spiro atoms. The Labute approximate surface area is 233 Å². The van der Waals surface area contributed by atoms with Crippen molar-refractivity contribution >= 4 is 38.1 Å². The number of aryl methyl sites for hydroxylation is 1. The van der Waals surface area contributed by atoms with E-state index in [2.05, 4.69) is 9.71 Å². The van der Waals surface area contributed by atoms with E-state index in [0.717, 1.165) is 40.3 Å². The van der Waals surface area contributed by atoms with Crippen LogP contribution in [0.15, 0.2) is 77.3 Å². The number of hydrogen-bond acceptors (Lipinski definition) is 7. The average Bonchev–Trinajstić information content (AvgIpc) is 3.43. The number of carbonyl (C=O) groups excluding carboxylic acids is 1. The van der Waals surface area contributed by atoms with Gasteiger partial charge in [-0.3, -0.25) is 14.5 Å². The molecule has 1 aliphatic rings. The third-order valence-corrected chi connectivity index (χ3v) is 8.70. The van der Waals surface area contributed by atoms with Crippen LogP contribution in [0.25, 0.3) is 11.3 Å². The SMILES string of the molecule is Cc1ccc(-c2csc(N3CCN(C(=O)c4ccc(C(F)(F)F)cc4NS(=O)(=O)c4cccnc4)CC3)n2)cc1. The Morgan fingerprint density at radius 3 is 2.40 bits per heavy atom. The zero-order valence-corrected chi connectivity index (χ0v) is 22.9. The van der Waals surface area contributed by atoms with Gasteiger partial charge < -0.3 is 9.80 Å². The van der Waals surface area contributed by atoms with Gasteiger partial charge in [-0.05, 0) is 37.3 Å². The highest BCUT2D eigenvalue weighted by Crippen LogP contribution is 2.34. The summed E-state index contributed by atoms with van der Waals surface area (Å²) in [6.45, 7) is 3.51. The highest BCUT2D eigenvalue weighted by molar-refractivity contribution is 7.92. The van der Waals surface area contributed by atoms with Crippen molar-refractivity contribution in [3.8, 4) is 11.3 Å². The number of thiazole rings is 1. The zero-order chi connectivity index (χ0) is 28.5. The first-order chi connectivity index (χ1) is 19.0. The second kappa shape index (κ2) is 10.9. The van der Waals surface area contributed by atoms with Gasteiger partial charge >= 0.3 is 6.18 Å². The molecule has 0 radical (unpaired) electrons. The number of rotatable bonds is 6. The van der Waals surface area contributed by atoms with Crippen LogP contribution in [0.4, 0.5) is 24.0 Å². The summed E-state index contributed by atoms with van der Waals surface area (Å²) in [5.74, 6) is -0.572. The molecule has 3 heterocycles. The summed E-state index contributed by atoms with van der Waals surface area (Å²) in [7, 11) is -4.30. The van der Waals surface area contributed by atoms with Crippen molar-refractivity contribution in [2.45, 2.75) is 18.0 Å². The number of amides is 1. The van der Waals surface area contributed by atoms with Gasteiger partial charge in [0.1, 0.15) is 4.90 Å². The number of nitrogens with zero attached hydrogens (tertiary/aromatic N) is 4. The molecule has 40 heavy (non-hydrogen) atoms. The Morgan fingerprint density at radius 2 is 1.75 bits per heavy atom. The van der Waals surface area contributed by atoms with E-state index in [9.17, 15) is 26.4 Å². The molecule has 208 valence electrons.